The molecule has 3 heterocycles. The third-order valence-electron chi connectivity index (χ3n) is 6.97. The topological polar surface area (TPSA) is 93.3 Å². The van der Waals surface area contributed by atoms with E-state index in [4.69, 9.17) is 18.9 Å². The summed E-state index contributed by atoms with van der Waals surface area (Å²) >= 11 is 1.28. The monoisotopic (exact) mass is 561 g/mol. The average molecular weight is 562 g/mol. The van der Waals surface area contributed by atoms with Crippen LogP contribution in [0.2, 0.25) is 0 Å². The van der Waals surface area contributed by atoms with E-state index in [9.17, 15) is 9.59 Å². The van der Waals surface area contributed by atoms with Gasteiger partial charge in [-0.3, -0.25) is 9.36 Å². The Hall–Kier alpha value is -4.31. The minimum Gasteiger partial charge on any atom is -0.493 e. The van der Waals surface area contributed by atoms with Crippen LogP contribution in [0, 0.1) is 0 Å². The molecule has 10 heteroatoms. The second-order valence-electron chi connectivity index (χ2n) is 9.15. The first-order valence-corrected chi connectivity index (χ1v) is 13.8. The normalized spacial score (nSPS) is 15.2. The van der Waals surface area contributed by atoms with Crippen LogP contribution in [0.4, 0.5) is 0 Å². The lowest BCUT2D eigenvalue weighted by atomic mass is 9.95. The summed E-state index contributed by atoms with van der Waals surface area (Å²) in [6.45, 7) is 6.57. The lowest BCUT2D eigenvalue weighted by Crippen LogP contribution is -2.40. The Bertz CT molecular complexity index is 1800. The molecule has 1 aliphatic heterocycles. The van der Waals surface area contributed by atoms with Crippen LogP contribution in [0.3, 0.4) is 0 Å². The van der Waals surface area contributed by atoms with Gasteiger partial charge in [-0.1, -0.05) is 29.5 Å². The molecule has 0 saturated heterocycles. The molecule has 0 saturated carbocycles. The van der Waals surface area contributed by atoms with Crippen molar-refractivity contribution >= 4 is 34.3 Å². The predicted octanol–water partition coefficient (Wildman–Crippen LogP) is 3.80. The zero-order valence-corrected chi connectivity index (χ0v) is 24.1. The predicted molar refractivity (Wildman–Crippen MR) is 154 cm³/mol. The minimum atomic E-state index is -0.817. The number of aromatic nitrogens is 2. The SMILES string of the molecule is CCOC(=O)C1=C(C)N=c2s/c(=C\c3cn(CC)c4ccccc34)c(=O)n2[C@H]1c1cc(OC)c(OC)c(OC)c1. The van der Waals surface area contributed by atoms with E-state index in [2.05, 4.69) is 28.7 Å². The van der Waals surface area contributed by atoms with Crippen LogP contribution in [0.15, 0.2) is 63.7 Å². The number of carbonyl (C=O) groups excluding carboxylic acids is 1. The van der Waals surface area contributed by atoms with E-state index in [-0.39, 0.29) is 17.7 Å². The number of thiazole rings is 1. The summed E-state index contributed by atoms with van der Waals surface area (Å²) in [4.78, 5) is 32.5. The van der Waals surface area contributed by atoms with Crippen molar-refractivity contribution in [3.8, 4) is 17.2 Å². The maximum atomic E-state index is 14.1. The maximum Gasteiger partial charge on any atom is 0.338 e. The zero-order chi connectivity index (χ0) is 28.6. The van der Waals surface area contributed by atoms with Crippen molar-refractivity contribution < 1.29 is 23.7 Å². The van der Waals surface area contributed by atoms with Crippen molar-refractivity contribution in [2.24, 2.45) is 4.99 Å². The summed E-state index contributed by atoms with van der Waals surface area (Å²) in [6.07, 6.45) is 3.95. The summed E-state index contributed by atoms with van der Waals surface area (Å²) < 4.78 is 26.3. The molecular formula is C30H31N3O6S. The minimum absolute atomic E-state index is 0.184. The van der Waals surface area contributed by atoms with Gasteiger partial charge in [0, 0.05) is 29.2 Å². The number of ether oxygens (including phenoxy) is 4. The molecule has 208 valence electrons. The van der Waals surface area contributed by atoms with E-state index < -0.39 is 12.0 Å². The number of aryl methyl sites for hydroxylation is 1. The molecule has 0 radical (unpaired) electrons. The fourth-order valence-corrected chi connectivity index (χ4v) is 6.20. The Morgan fingerprint density at radius 2 is 1.77 bits per heavy atom. The molecule has 0 amide bonds. The zero-order valence-electron chi connectivity index (χ0n) is 23.3. The number of methoxy groups -OCH3 is 3. The number of esters is 1. The van der Waals surface area contributed by atoms with Crippen LogP contribution in [-0.2, 0) is 16.1 Å². The van der Waals surface area contributed by atoms with Gasteiger partial charge in [0.1, 0.15) is 0 Å². The smallest absolute Gasteiger partial charge is 0.338 e. The molecule has 0 bridgehead atoms. The van der Waals surface area contributed by atoms with Crippen molar-refractivity contribution in [3.63, 3.8) is 0 Å². The van der Waals surface area contributed by atoms with E-state index in [0.29, 0.717) is 37.8 Å². The fourth-order valence-electron chi connectivity index (χ4n) is 5.16. The molecule has 1 aliphatic rings. The molecular weight excluding hydrogens is 530 g/mol. The Kier molecular flexibility index (Phi) is 7.53. The standard InChI is InChI=1S/C30H31N3O6S/c1-7-32-16-19(20-11-9-10-12-21(20)32)15-24-28(34)33-26(18-13-22(36-4)27(38-6)23(14-18)37-5)25(29(35)39-8-2)17(3)31-30(33)40-24/h9-16,26H,7-8H2,1-6H3/b24-15-/t26-/m0/s1. The fraction of sp³-hybridized carbons (Fsp3) is 0.300. The molecule has 0 spiro atoms. The lowest BCUT2D eigenvalue weighted by molar-refractivity contribution is -0.139. The number of carbonyl (C=O) groups is 1. The summed E-state index contributed by atoms with van der Waals surface area (Å²) in [5.41, 5.74) is 3.13. The first kappa shape index (κ1) is 27.3. The van der Waals surface area contributed by atoms with Crippen molar-refractivity contribution in [3.05, 3.63) is 84.7 Å². The van der Waals surface area contributed by atoms with E-state index in [0.717, 1.165) is 23.0 Å². The number of nitrogens with zero attached hydrogens (tertiary/aromatic N) is 3. The molecule has 2 aromatic heterocycles. The van der Waals surface area contributed by atoms with Gasteiger partial charge in [0.2, 0.25) is 5.75 Å². The molecule has 9 nitrogen and oxygen atoms in total. The highest BCUT2D eigenvalue weighted by Gasteiger charge is 2.34. The molecule has 0 fully saturated rings. The molecule has 0 aliphatic carbocycles. The molecule has 4 aromatic rings. The summed E-state index contributed by atoms with van der Waals surface area (Å²) in [6, 6.07) is 10.8. The van der Waals surface area contributed by atoms with E-state index in [1.165, 1.54) is 32.7 Å². The highest BCUT2D eigenvalue weighted by Crippen LogP contribution is 2.42. The van der Waals surface area contributed by atoms with Gasteiger partial charge >= 0.3 is 5.97 Å². The third kappa shape index (κ3) is 4.48. The molecule has 2 aromatic carbocycles. The lowest BCUT2D eigenvalue weighted by Gasteiger charge is -2.26. The maximum absolute atomic E-state index is 14.1. The highest BCUT2D eigenvalue weighted by atomic mass is 32.1. The number of benzene rings is 2. The van der Waals surface area contributed by atoms with Gasteiger partial charge in [0.05, 0.1) is 49.8 Å². The van der Waals surface area contributed by atoms with Gasteiger partial charge in [0.25, 0.3) is 5.56 Å². The van der Waals surface area contributed by atoms with Crippen LogP contribution in [0.5, 0.6) is 17.2 Å². The summed E-state index contributed by atoms with van der Waals surface area (Å²) in [7, 11) is 4.56. The van der Waals surface area contributed by atoms with Crippen LogP contribution in [-0.4, -0.2) is 43.0 Å². The molecule has 1 atom stereocenters. The molecule has 0 N–H and O–H groups in total. The summed E-state index contributed by atoms with van der Waals surface area (Å²) in [5, 5.41) is 1.06. The summed E-state index contributed by atoms with van der Waals surface area (Å²) in [5.74, 6) is 0.683. The molecule has 40 heavy (non-hydrogen) atoms. The van der Waals surface area contributed by atoms with Crippen molar-refractivity contribution in [2.45, 2.75) is 33.4 Å². The number of allylic oxidation sites excluding steroid dienone is 1. The molecule has 5 rings (SSSR count). The van der Waals surface area contributed by atoms with Crippen molar-refractivity contribution in [1.29, 1.82) is 0 Å². The van der Waals surface area contributed by atoms with E-state index in [1.54, 1.807) is 30.5 Å². The quantitative estimate of drug-likeness (QED) is 0.304. The van der Waals surface area contributed by atoms with Crippen molar-refractivity contribution in [1.82, 2.24) is 9.13 Å². The van der Waals surface area contributed by atoms with Crippen LogP contribution >= 0.6 is 11.3 Å². The number of rotatable bonds is 8. The average Bonchev–Trinajstić information content (AvgIpc) is 3.47. The Labute approximate surface area is 235 Å². The van der Waals surface area contributed by atoms with Crippen LogP contribution < -0.4 is 29.1 Å². The Balaban J connectivity index is 1.78. The van der Waals surface area contributed by atoms with Crippen LogP contribution in [0.1, 0.15) is 37.9 Å². The first-order valence-electron chi connectivity index (χ1n) is 12.9. The second kappa shape index (κ2) is 11.1. The van der Waals surface area contributed by atoms with Crippen LogP contribution in [0.25, 0.3) is 17.0 Å². The molecule has 0 unspecified atom stereocenters. The Morgan fingerprint density at radius 1 is 1.07 bits per heavy atom. The van der Waals surface area contributed by atoms with E-state index >= 15 is 0 Å². The number of hydrogen-bond donors (Lipinski definition) is 0. The Morgan fingerprint density at radius 3 is 2.40 bits per heavy atom. The van der Waals surface area contributed by atoms with E-state index in [1.807, 2.05) is 24.3 Å². The second-order valence-corrected chi connectivity index (χ2v) is 10.2. The number of fused-ring (bicyclic) bond motifs is 2. The number of hydrogen-bond acceptors (Lipinski definition) is 8. The van der Waals surface area contributed by atoms with Gasteiger partial charge < -0.3 is 23.5 Å². The van der Waals surface area contributed by atoms with Gasteiger partial charge in [-0.2, -0.15) is 0 Å². The van der Waals surface area contributed by atoms with Crippen molar-refractivity contribution in [2.75, 3.05) is 27.9 Å². The first-order chi connectivity index (χ1) is 19.4. The third-order valence-corrected chi connectivity index (χ3v) is 7.95. The number of para-hydroxylation sites is 1. The van der Waals surface area contributed by atoms with Gasteiger partial charge in [-0.05, 0) is 50.6 Å². The highest BCUT2D eigenvalue weighted by molar-refractivity contribution is 7.07. The van der Waals surface area contributed by atoms with Gasteiger partial charge in [-0.25, -0.2) is 9.79 Å². The largest absolute Gasteiger partial charge is 0.493 e. The van der Waals surface area contributed by atoms with Gasteiger partial charge in [0.15, 0.2) is 16.3 Å². The van der Waals surface area contributed by atoms with Gasteiger partial charge in [-0.15, -0.1) is 0 Å².